The minimum absolute atomic E-state index is 0.00602. The van der Waals surface area contributed by atoms with Gasteiger partial charge in [0.2, 0.25) is 0 Å². The quantitative estimate of drug-likeness (QED) is 0.293. The highest BCUT2D eigenvalue weighted by molar-refractivity contribution is 7.80. The second kappa shape index (κ2) is 4.68. The zero-order valence-electron chi connectivity index (χ0n) is 5.21. The number of aliphatic hydroxyl groups is 3. The van der Waals surface area contributed by atoms with Gasteiger partial charge in [-0.15, -0.1) is 0 Å². The average molecular weight is 166 g/mol. The van der Waals surface area contributed by atoms with Gasteiger partial charge in [0.25, 0.3) is 0 Å². The van der Waals surface area contributed by atoms with Gasteiger partial charge < -0.3 is 20.1 Å². The highest BCUT2D eigenvalue weighted by Crippen LogP contribution is 1.99. The van der Waals surface area contributed by atoms with Crippen molar-refractivity contribution in [1.29, 1.82) is 0 Å². The fourth-order valence-corrected chi connectivity index (χ4v) is 0.632. The van der Waals surface area contributed by atoms with Crippen LogP contribution in [0, 0.1) is 0 Å². The largest absolute Gasteiger partial charge is 0.389 e. The molecule has 10 heavy (non-hydrogen) atoms. The van der Waals surface area contributed by atoms with Crippen molar-refractivity contribution in [3.63, 3.8) is 0 Å². The third kappa shape index (κ3) is 2.66. The van der Waals surface area contributed by atoms with Gasteiger partial charge in [-0.1, -0.05) is 0 Å². The zero-order chi connectivity index (χ0) is 8.15. The average Bonchev–Trinajstić information content (AvgIpc) is 2.00. The summed E-state index contributed by atoms with van der Waals surface area (Å²) in [6.07, 6.45) is -3.96. The molecule has 0 saturated heterocycles. The number of hydrogen-bond donors (Lipinski definition) is 4. The number of aliphatic hydroxyl groups excluding tert-OH is 3. The molecule has 0 aromatic carbocycles. The van der Waals surface area contributed by atoms with Crippen molar-refractivity contribution in [2.75, 3.05) is 5.75 Å². The van der Waals surface area contributed by atoms with Crippen LogP contribution in [0.5, 0.6) is 0 Å². The molecule has 0 aliphatic rings. The standard InChI is InChI=1S/C5H10O4S/c6-1-3(7)5(9)4(8)2-10/h1,3-5,7-10H,2H2/t3-,4-,5+/m0/s1. The van der Waals surface area contributed by atoms with E-state index in [9.17, 15) is 4.79 Å². The van der Waals surface area contributed by atoms with Crippen molar-refractivity contribution in [2.45, 2.75) is 18.3 Å². The Hall–Kier alpha value is -0.100. The molecule has 0 spiro atoms. The molecule has 3 N–H and O–H groups in total. The van der Waals surface area contributed by atoms with Crippen LogP contribution in [0.2, 0.25) is 0 Å². The van der Waals surface area contributed by atoms with Gasteiger partial charge >= 0.3 is 0 Å². The van der Waals surface area contributed by atoms with Crippen LogP contribution >= 0.6 is 12.6 Å². The monoisotopic (exact) mass is 166 g/mol. The van der Waals surface area contributed by atoms with E-state index in [2.05, 4.69) is 12.6 Å². The molecular weight excluding hydrogens is 156 g/mol. The second-order valence-corrected chi connectivity index (χ2v) is 2.23. The SMILES string of the molecule is O=C[C@H](O)[C@@H](O)[C@@H](O)CS. The molecule has 0 saturated carbocycles. The van der Waals surface area contributed by atoms with Crippen LogP contribution < -0.4 is 0 Å². The lowest BCUT2D eigenvalue weighted by atomic mass is 10.1. The van der Waals surface area contributed by atoms with Crippen molar-refractivity contribution in [3.8, 4) is 0 Å². The fraction of sp³-hybridized carbons (Fsp3) is 0.800. The van der Waals surface area contributed by atoms with Crippen molar-refractivity contribution in [3.05, 3.63) is 0 Å². The van der Waals surface area contributed by atoms with E-state index in [0.717, 1.165) is 0 Å². The first-order valence-corrected chi connectivity index (χ1v) is 3.37. The molecule has 5 heteroatoms. The van der Waals surface area contributed by atoms with E-state index in [1.165, 1.54) is 0 Å². The van der Waals surface area contributed by atoms with Crippen LogP contribution in [0.15, 0.2) is 0 Å². The minimum atomic E-state index is -1.53. The molecule has 0 unspecified atom stereocenters. The predicted octanol–water partition coefficient (Wildman–Crippen LogP) is -1.80. The molecule has 0 heterocycles. The van der Waals surface area contributed by atoms with Crippen LogP contribution in [0.1, 0.15) is 0 Å². The Kier molecular flexibility index (Phi) is 4.63. The maximum absolute atomic E-state index is 9.82. The van der Waals surface area contributed by atoms with Gasteiger partial charge in [-0.25, -0.2) is 0 Å². The summed E-state index contributed by atoms with van der Waals surface area (Å²) in [5.74, 6) is 0.00602. The summed E-state index contributed by atoms with van der Waals surface area (Å²) in [6.45, 7) is 0. The number of carbonyl (C=O) groups excluding carboxylic acids is 1. The number of carbonyl (C=O) groups is 1. The first-order valence-electron chi connectivity index (χ1n) is 2.73. The molecule has 0 aliphatic carbocycles. The van der Waals surface area contributed by atoms with Gasteiger partial charge in [0, 0.05) is 5.75 Å². The smallest absolute Gasteiger partial charge is 0.151 e. The Balaban J connectivity index is 3.80. The van der Waals surface area contributed by atoms with Crippen molar-refractivity contribution < 1.29 is 20.1 Å². The Labute approximate surface area is 63.9 Å². The van der Waals surface area contributed by atoms with E-state index in [4.69, 9.17) is 15.3 Å². The van der Waals surface area contributed by atoms with Crippen LogP contribution in [-0.4, -0.2) is 45.7 Å². The summed E-state index contributed by atoms with van der Waals surface area (Å²) in [4.78, 5) is 9.82. The molecule has 4 nitrogen and oxygen atoms in total. The lowest BCUT2D eigenvalue weighted by molar-refractivity contribution is -0.124. The Morgan fingerprint density at radius 1 is 1.40 bits per heavy atom. The van der Waals surface area contributed by atoms with Crippen LogP contribution in [-0.2, 0) is 4.79 Å². The zero-order valence-corrected chi connectivity index (χ0v) is 6.11. The summed E-state index contributed by atoms with van der Waals surface area (Å²) < 4.78 is 0. The summed E-state index contributed by atoms with van der Waals surface area (Å²) in [5.41, 5.74) is 0. The first-order chi connectivity index (χ1) is 4.63. The molecule has 0 aromatic rings. The van der Waals surface area contributed by atoms with Gasteiger partial charge in [-0.3, -0.25) is 0 Å². The molecule has 0 aliphatic heterocycles. The van der Waals surface area contributed by atoms with E-state index < -0.39 is 18.3 Å². The highest BCUT2D eigenvalue weighted by atomic mass is 32.1. The third-order valence-electron chi connectivity index (χ3n) is 1.07. The molecule has 0 rings (SSSR count). The minimum Gasteiger partial charge on any atom is -0.389 e. The first kappa shape index (κ1) is 9.90. The van der Waals surface area contributed by atoms with Gasteiger partial charge in [0.1, 0.15) is 12.2 Å². The molecule has 0 radical (unpaired) electrons. The maximum Gasteiger partial charge on any atom is 0.151 e. The highest BCUT2D eigenvalue weighted by Gasteiger charge is 2.22. The summed E-state index contributed by atoms with van der Waals surface area (Å²) in [7, 11) is 0. The normalized spacial score (nSPS) is 19.6. The van der Waals surface area contributed by atoms with Gasteiger partial charge in [0.05, 0.1) is 6.10 Å². The lowest BCUT2D eigenvalue weighted by Crippen LogP contribution is -2.39. The van der Waals surface area contributed by atoms with Gasteiger partial charge in [0.15, 0.2) is 6.29 Å². The number of aldehydes is 1. The summed E-state index contributed by atoms with van der Waals surface area (Å²) >= 11 is 3.65. The number of thiol groups is 1. The van der Waals surface area contributed by atoms with Crippen LogP contribution in [0.25, 0.3) is 0 Å². The molecule has 0 bridgehead atoms. The third-order valence-corrected chi connectivity index (χ3v) is 1.44. The molecular formula is C5H10O4S. The Bertz CT molecular complexity index is 108. The van der Waals surface area contributed by atoms with E-state index >= 15 is 0 Å². The molecule has 0 fully saturated rings. The second-order valence-electron chi connectivity index (χ2n) is 1.87. The van der Waals surface area contributed by atoms with E-state index in [0.29, 0.717) is 0 Å². The summed E-state index contributed by atoms with van der Waals surface area (Å²) in [6, 6.07) is 0. The summed E-state index contributed by atoms with van der Waals surface area (Å²) in [5, 5.41) is 26.2. The van der Waals surface area contributed by atoms with Crippen molar-refractivity contribution in [1.82, 2.24) is 0 Å². The molecule has 0 aromatic heterocycles. The van der Waals surface area contributed by atoms with Crippen molar-refractivity contribution in [2.24, 2.45) is 0 Å². The number of hydrogen-bond acceptors (Lipinski definition) is 5. The maximum atomic E-state index is 9.82. The van der Waals surface area contributed by atoms with E-state index in [1.54, 1.807) is 0 Å². The number of rotatable bonds is 4. The van der Waals surface area contributed by atoms with Crippen LogP contribution in [0.4, 0.5) is 0 Å². The predicted molar refractivity (Wildman–Crippen MR) is 37.9 cm³/mol. The van der Waals surface area contributed by atoms with Crippen molar-refractivity contribution >= 4 is 18.9 Å². The van der Waals surface area contributed by atoms with Crippen LogP contribution in [0.3, 0.4) is 0 Å². The Morgan fingerprint density at radius 2 is 1.90 bits per heavy atom. The Morgan fingerprint density at radius 3 is 2.20 bits per heavy atom. The topological polar surface area (TPSA) is 77.8 Å². The van der Waals surface area contributed by atoms with Gasteiger partial charge in [-0.05, 0) is 0 Å². The lowest BCUT2D eigenvalue weighted by Gasteiger charge is -2.16. The molecule has 3 atom stereocenters. The molecule has 0 amide bonds. The fourth-order valence-electron chi connectivity index (χ4n) is 0.416. The van der Waals surface area contributed by atoms with E-state index in [-0.39, 0.29) is 12.0 Å². The molecule has 60 valence electrons. The van der Waals surface area contributed by atoms with E-state index in [1.807, 2.05) is 0 Å². The van der Waals surface area contributed by atoms with Gasteiger partial charge in [-0.2, -0.15) is 12.6 Å².